The molecule has 0 bridgehead atoms. The van der Waals surface area contributed by atoms with Gasteiger partial charge in [-0.25, -0.2) is 0 Å². The van der Waals surface area contributed by atoms with E-state index >= 15 is 0 Å². The molecule has 176 valence electrons. The van der Waals surface area contributed by atoms with Crippen molar-refractivity contribution in [1.82, 2.24) is 9.13 Å². The van der Waals surface area contributed by atoms with E-state index < -0.39 is 0 Å². The number of benzene rings is 5. The van der Waals surface area contributed by atoms with Gasteiger partial charge in [0, 0.05) is 44.7 Å². The molecule has 5 aromatic carbocycles. The third-order valence-corrected chi connectivity index (χ3v) is 8.35. The highest BCUT2D eigenvalue weighted by atomic mass is 15.0. The van der Waals surface area contributed by atoms with Gasteiger partial charge in [-0.1, -0.05) is 86.6 Å². The molecule has 2 heteroatoms. The molecule has 8 rings (SSSR count). The van der Waals surface area contributed by atoms with Gasteiger partial charge in [0.1, 0.15) is 0 Å². The van der Waals surface area contributed by atoms with Gasteiger partial charge in [-0.05, 0) is 59.2 Å². The van der Waals surface area contributed by atoms with Crippen LogP contribution in [-0.4, -0.2) is 9.13 Å². The maximum Gasteiger partial charge on any atom is 0.0610 e. The molecule has 0 aliphatic heterocycles. The molecule has 0 N–H and O–H groups in total. The van der Waals surface area contributed by atoms with Gasteiger partial charge >= 0.3 is 0 Å². The van der Waals surface area contributed by atoms with Crippen molar-refractivity contribution < 1.29 is 0 Å². The third kappa shape index (κ3) is 2.70. The summed E-state index contributed by atoms with van der Waals surface area (Å²) in [5.41, 5.74) is 11.7. The van der Waals surface area contributed by atoms with Gasteiger partial charge in [-0.3, -0.25) is 0 Å². The normalized spacial score (nSPS) is 13.9. The lowest BCUT2D eigenvalue weighted by atomic mass is 9.82. The van der Waals surface area contributed by atoms with Crippen molar-refractivity contribution >= 4 is 32.7 Å². The number of rotatable bonds is 2. The van der Waals surface area contributed by atoms with Crippen LogP contribution in [0.15, 0.2) is 121 Å². The first-order chi connectivity index (χ1) is 18.1. The fourth-order valence-corrected chi connectivity index (χ4v) is 6.60. The number of aromatic nitrogens is 2. The monoisotopic (exact) mass is 474 g/mol. The van der Waals surface area contributed by atoms with E-state index in [0.717, 1.165) is 0 Å². The van der Waals surface area contributed by atoms with E-state index in [2.05, 4.69) is 144 Å². The van der Waals surface area contributed by atoms with E-state index in [-0.39, 0.29) is 5.41 Å². The average Bonchev–Trinajstić information content (AvgIpc) is 3.58. The molecule has 0 unspecified atom stereocenters. The van der Waals surface area contributed by atoms with Crippen LogP contribution in [0.2, 0.25) is 0 Å². The van der Waals surface area contributed by atoms with Crippen molar-refractivity contribution in [3.05, 3.63) is 133 Å². The second-order valence-electron chi connectivity index (χ2n) is 10.7. The van der Waals surface area contributed by atoms with E-state index in [1.54, 1.807) is 0 Å². The zero-order valence-electron chi connectivity index (χ0n) is 20.9. The SMILES string of the molecule is CC1(C)c2ccccc2-c2c1ccc1ccn(-c3ccc4c(c3)c3ccccc3n4-c3ccccc3)c21. The van der Waals surface area contributed by atoms with Crippen LogP contribution in [0.3, 0.4) is 0 Å². The van der Waals surface area contributed by atoms with Gasteiger partial charge < -0.3 is 9.13 Å². The maximum absolute atomic E-state index is 2.39. The summed E-state index contributed by atoms with van der Waals surface area (Å²) < 4.78 is 4.76. The minimum atomic E-state index is -0.0116. The van der Waals surface area contributed by atoms with Crippen LogP contribution < -0.4 is 0 Å². The van der Waals surface area contributed by atoms with Gasteiger partial charge in [-0.15, -0.1) is 0 Å². The van der Waals surface area contributed by atoms with E-state index in [9.17, 15) is 0 Å². The molecular formula is C35H26N2. The first kappa shape index (κ1) is 20.6. The fourth-order valence-electron chi connectivity index (χ4n) is 6.60. The average molecular weight is 475 g/mol. The van der Waals surface area contributed by atoms with Gasteiger partial charge in [0.05, 0.1) is 16.6 Å². The summed E-state index contributed by atoms with van der Waals surface area (Å²) >= 11 is 0. The zero-order valence-corrected chi connectivity index (χ0v) is 20.9. The summed E-state index contributed by atoms with van der Waals surface area (Å²) in [5, 5.41) is 3.82. The summed E-state index contributed by atoms with van der Waals surface area (Å²) in [6, 6.07) is 42.1. The van der Waals surface area contributed by atoms with Crippen LogP contribution in [0, 0.1) is 0 Å². The van der Waals surface area contributed by atoms with Gasteiger partial charge in [-0.2, -0.15) is 0 Å². The second kappa shape index (κ2) is 7.24. The lowest BCUT2D eigenvalue weighted by molar-refractivity contribution is 0.661. The van der Waals surface area contributed by atoms with Crippen molar-refractivity contribution in [2.75, 3.05) is 0 Å². The lowest BCUT2D eigenvalue weighted by Crippen LogP contribution is -2.14. The highest BCUT2D eigenvalue weighted by Crippen LogP contribution is 2.51. The molecule has 1 aliphatic carbocycles. The number of hydrogen-bond acceptors (Lipinski definition) is 0. The van der Waals surface area contributed by atoms with Crippen molar-refractivity contribution in [2.24, 2.45) is 0 Å². The highest BCUT2D eigenvalue weighted by molar-refractivity contribution is 6.10. The van der Waals surface area contributed by atoms with E-state index in [4.69, 9.17) is 0 Å². The standard InChI is InChI=1S/C35H26N2/c1-35(2)29-14-8-6-13-27(29)33-30(35)18-16-23-20-21-36(34(23)33)25-17-19-32-28(22-25)26-12-7-9-15-31(26)37(32)24-10-4-3-5-11-24/h3-22H,1-2H3. The summed E-state index contributed by atoms with van der Waals surface area (Å²) in [6.07, 6.45) is 2.23. The minimum Gasteiger partial charge on any atom is -0.316 e. The molecule has 1 aliphatic rings. The number of nitrogens with zero attached hydrogens (tertiary/aromatic N) is 2. The molecule has 2 aromatic heterocycles. The van der Waals surface area contributed by atoms with Gasteiger partial charge in [0.25, 0.3) is 0 Å². The maximum atomic E-state index is 2.39. The Balaban J connectivity index is 1.43. The Hall–Kier alpha value is -4.56. The predicted molar refractivity (Wildman–Crippen MR) is 155 cm³/mol. The smallest absolute Gasteiger partial charge is 0.0610 e. The molecule has 2 nitrogen and oxygen atoms in total. The number of fused-ring (bicyclic) bond motifs is 8. The van der Waals surface area contributed by atoms with Gasteiger partial charge in [0.2, 0.25) is 0 Å². The highest BCUT2D eigenvalue weighted by Gasteiger charge is 2.36. The Morgan fingerprint density at radius 3 is 2.22 bits per heavy atom. The molecule has 7 aromatic rings. The molecule has 0 radical (unpaired) electrons. The largest absolute Gasteiger partial charge is 0.316 e. The van der Waals surface area contributed by atoms with Crippen molar-refractivity contribution in [1.29, 1.82) is 0 Å². The molecule has 0 saturated carbocycles. The summed E-state index contributed by atoms with van der Waals surface area (Å²) in [5.74, 6) is 0. The van der Waals surface area contributed by atoms with Crippen LogP contribution in [0.5, 0.6) is 0 Å². The Kier molecular flexibility index (Phi) is 4.03. The number of para-hydroxylation sites is 2. The summed E-state index contributed by atoms with van der Waals surface area (Å²) in [7, 11) is 0. The fraction of sp³-hybridized carbons (Fsp3) is 0.0857. The Morgan fingerprint density at radius 2 is 1.32 bits per heavy atom. The molecule has 0 atom stereocenters. The first-order valence-corrected chi connectivity index (χ1v) is 13.0. The second-order valence-corrected chi connectivity index (χ2v) is 10.7. The molecule has 2 heterocycles. The first-order valence-electron chi connectivity index (χ1n) is 13.0. The summed E-state index contributed by atoms with van der Waals surface area (Å²) in [6.45, 7) is 4.70. The lowest BCUT2D eigenvalue weighted by Gasteiger charge is -2.21. The third-order valence-electron chi connectivity index (χ3n) is 8.35. The van der Waals surface area contributed by atoms with Crippen LogP contribution in [-0.2, 0) is 5.41 Å². The molecule has 0 spiro atoms. The van der Waals surface area contributed by atoms with E-state index in [1.807, 2.05) is 0 Å². The van der Waals surface area contributed by atoms with E-state index in [1.165, 1.54) is 66.3 Å². The zero-order chi connectivity index (χ0) is 24.7. The van der Waals surface area contributed by atoms with Crippen LogP contribution in [0.1, 0.15) is 25.0 Å². The van der Waals surface area contributed by atoms with Crippen LogP contribution >= 0.6 is 0 Å². The minimum absolute atomic E-state index is 0.0116. The van der Waals surface area contributed by atoms with Crippen LogP contribution in [0.4, 0.5) is 0 Å². The molecule has 0 amide bonds. The molecule has 37 heavy (non-hydrogen) atoms. The van der Waals surface area contributed by atoms with Crippen molar-refractivity contribution in [2.45, 2.75) is 19.3 Å². The van der Waals surface area contributed by atoms with E-state index in [0.29, 0.717) is 0 Å². The molecule has 0 saturated heterocycles. The molecular weight excluding hydrogens is 448 g/mol. The van der Waals surface area contributed by atoms with Crippen molar-refractivity contribution in [3.63, 3.8) is 0 Å². The Labute approximate surface area is 216 Å². The topological polar surface area (TPSA) is 9.86 Å². The Morgan fingerprint density at radius 1 is 0.568 bits per heavy atom. The predicted octanol–water partition coefficient (Wildman–Crippen LogP) is 9.03. The van der Waals surface area contributed by atoms with Crippen molar-refractivity contribution in [3.8, 4) is 22.5 Å². The number of hydrogen-bond donors (Lipinski definition) is 0. The van der Waals surface area contributed by atoms with Crippen LogP contribution in [0.25, 0.3) is 55.2 Å². The summed E-state index contributed by atoms with van der Waals surface area (Å²) in [4.78, 5) is 0. The Bertz CT molecular complexity index is 2000. The molecule has 0 fully saturated rings. The van der Waals surface area contributed by atoms with Gasteiger partial charge in [0.15, 0.2) is 0 Å². The quantitative estimate of drug-likeness (QED) is 0.236.